The molecule has 1 aliphatic carbocycles. The maximum absolute atomic E-state index is 12.8. The molecule has 1 saturated heterocycles. The van der Waals surface area contributed by atoms with Crippen LogP contribution in [0.2, 0.25) is 0 Å². The summed E-state index contributed by atoms with van der Waals surface area (Å²) in [5.41, 5.74) is 0.554. The smallest absolute Gasteiger partial charge is 0.258 e. The molecule has 0 spiro atoms. The number of hydrogen-bond donors (Lipinski definition) is 1. The summed E-state index contributed by atoms with van der Waals surface area (Å²) in [5.74, 6) is 1.61. The molecule has 1 saturated carbocycles. The minimum absolute atomic E-state index is 0.133. The van der Waals surface area contributed by atoms with Gasteiger partial charge in [0.25, 0.3) is 5.56 Å². The lowest BCUT2D eigenvalue weighted by atomic mass is 9.89. The molecule has 1 amide bonds. The highest BCUT2D eigenvalue weighted by molar-refractivity contribution is 5.78. The first-order valence-corrected chi connectivity index (χ1v) is 11.2. The lowest BCUT2D eigenvalue weighted by molar-refractivity contribution is -0.131. The number of H-pyrrole nitrogens is 1. The second kappa shape index (κ2) is 9.53. The summed E-state index contributed by atoms with van der Waals surface area (Å²) in [6.45, 7) is 4.92. The number of aromatic nitrogens is 2. The zero-order valence-electron chi connectivity index (χ0n) is 17.2. The Kier molecular flexibility index (Phi) is 6.60. The fourth-order valence-electron chi connectivity index (χ4n) is 4.77. The van der Waals surface area contributed by atoms with Crippen molar-refractivity contribution in [1.82, 2.24) is 19.8 Å². The fraction of sp³-hybridized carbons (Fsp3) is 0.609. The average molecular weight is 397 g/mol. The van der Waals surface area contributed by atoms with Crippen LogP contribution in [0.1, 0.15) is 50.8 Å². The van der Waals surface area contributed by atoms with Gasteiger partial charge >= 0.3 is 0 Å². The van der Waals surface area contributed by atoms with Crippen molar-refractivity contribution in [3.63, 3.8) is 0 Å². The quantitative estimate of drug-likeness (QED) is 0.844. The maximum Gasteiger partial charge on any atom is 0.258 e. The number of nitrogens with one attached hydrogen (secondary N) is 1. The summed E-state index contributed by atoms with van der Waals surface area (Å²) in [5, 5.41) is 0.591. The predicted molar refractivity (Wildman–Crippen MR) is 115 cm³/mol. The molecule has 1 aromatic carbocycles. The number of amides is 1. The van der Waals surface area contributed by atoms with Gasteiger partial charge in [0.15, 0.2) is 0 Å². The predicted octanol–water partition coefficient (Wildman–Crippen LogP) is 2.97. The lowest BCUT2D eigenvalue weighted by Gasteiger charge is -2.28. The van der Waals surface area contributed by atoms with E-state index in [0.29, 0.717) is 29.6 Å². The number of hydrogen-bond acceptors (Lipinski definition) is 4. The number of carbonyl (C=O) groups excluding carboxylic acids is 1. The maximum atomic E-state index is 12.8. The molecule has 2 fully saturated rings. The van der Waals surface area contributed by atoms with Crippen LogP contribution < -0.4 is 5.56 Å². The van der Waals surface area contributed by atoms with E-state index in [4.69, 9.17) is 0 Å². The second-order valence-corrected chi connectivity index (χ2v) is 8.57. The summed E-state index contributed by atoms with van der Waals surface area (Å²) < 4.78 is 0. The van der Waals surface area contributed by atoms with Crippen LogP contribution in [0.3, 0.4) is 0 Å². The van der Waals surface area contributed by atoms with Crippen molar-refractivity contribution in [2.24, 2.45) is 5.92 Å². The molecular weight excluding hydrogens is 364 g/mol. The number of benzene rings is 1. The highest BCUT2D eigenvalue weighted by Gasteiger charge is 2.22. The molecule has 1 N–H and O–H groups in total. The highest BCUT2D eigenvalue weighted by Crippen LogP contribution is 2.24. The van der Waals surface area contributed by atoms with E-state index in [2.05, 4.69) is 14.9 Å². The Morgan fingerprint density at radius 1 is 1.03 bits per heavy atom. The van der Waals surface area contributed by atoms with Gasteiger partial charge in [-0.05, 0) is 43.9 Å². The largest absolute Gasteiger partial charge is 0.341 e. The van der Waals surface area contributed by atoms with Crippen LogP contribution >= 0.6 is 0 Å². The Labute approximate surface area is 172 Å². The number of para-hydroxylation sites is 1. The van der Waals surface area contributed by atoms with Crippen molar-refractivity contribution in [3.05, 3.63) is 40.4 Å². The van der Waals surface area contributed by atoms with Gasteiger partial charge in [0.05, 0.1) is 10.9 Å². The number of fused-ring (bicyclic) bond motifs is 1. The van der Waals surface area contributed by atoms with Gasteiger partial charge < -0.3 is 14.8 Å². The van der Waals surface area contributed by atoms with Gasteiger partial charge in [0, 0.05) is 39.0 Å². The number of rotatable bonds is 5. The summed E-state index contributed by atoms with van der Waals surface area (Å²) >= 11 is 0. The van der Waals surface area contributed by atoms with Crippen molar-refractivity contribution in [2.45, 2.75) is 51.4 Å². The van der Waals surface area contributed by atoms with Gasteiger partial charge in [0.1, 0.15) is 5.82 Å². The minimum Gasteiger partial charge on any atom is -0.341 e. The van der Waals surface area contributed by atoms with E-state index in [1.165, 1.54) is 38.6 Å². The number of carbonyl (C=O) groups is 1. The topological polar surface area (TPSA) is 69.3 Å². The Morgan fingerprint density at radius 3 is 2.72 bits per heavy atom. The van der Waals surface area contributed by atoms with Gasteiger partial charge in [-0.3, -0.25) is 9.59 Å². The normalized spacial score (nSPS) is 19.4. The van der Waals surface area contributed by atoms with Crippen LogP contribution in [0.5, 0.6) is 0 Å². The Balaban J connectivity index is 1.29. The summed E-state index contributed by atoms with van der Waals surface area (Å²) in [6, 6.07) is 7.32. The Bertz CT molecular complexity index is 888. The van der Waals surface area contributed by atoms with Crippen LogP contribution in [0, 0.1) is 5.92 Å². The SMILES string of the molecule is O=C(CCc1nc2ccccc2c(=O)[nH]1)N1CCCN(CC2CCCCC2)CC1. The molecule has 1 aliphatic heterocycles. The molecule has 6 nitrogen and oxygen atoms in total. The molecule has 0 atom stereocenters. The first-order chi connectivity index (χ1) is 14.2. The zero-order chi connectivity index (χ0) is 20.1. The summed E-state index contributed by atoms with van der Waals surface area (Å²) in [7, 11) is 0. The van der Waals surface area contributed by atoms with E-state index in [9.17, 15) is 9.59 Å². The van der Waals surface area contributed by atoms with Gasteiger partial charge in [-0.2, -0.15) is 0 Å². The molecule has 2 aliphatic rings. The van der Waals surface area contributed by atoms with Gasteiger partial charge in [0.2, 0.25) is 5.91 Å². The third-order valence-electron chi connectivity index (χ3n) is 6.42. The molecule has 4 rings (SSSR count). The van der Waals surface area contributed by atoms with E-state index in [-0.39, 0.29) is 11.5 Å². The molecule has 2 aromatic rings. The number of aromatic amines is 1. The Morgan fingerprint density at radius 2 is 1.86 bits per heavy atom. The lowest BCUT2D eigenvalue weighted by Crippen LogP contribution is -2.37. The highest BCUT2D eigenvalue weighted by atomic mass is 16.2. The monoisotopic (exact) mass is 396 g/mol. The zero-order valence-corrected chi connectivity index (χ0v) is 17.2. The molecule has 2 heterocycles. The molecule has 29 heavy (non-hydrogen) atoms. The number of aryl methyl sites for hydroxylation is 1. The third kappa shape index (κ3) is 5.24. The first kappa shape index (κ1) is 20.1. The molecule has 156 valence electrons. The van der Waals surface area contributed by atoms with Crippen LogP contribution in [0.4, 0.5) is 0 Å². The van der Waals surface area contributed by atoms with E-state index < -0.39 is 0 Å². The summed E-state index contributed by atoms with van der Waals surface area (Å²) in [4.78, 5) is 36.9. The fourth-order valence-corrected chi connectivity index (χ4v) is 4.77. The van der Waals surface area contributed by atoms with Gasteiger partial charge in [-0.15, -0.1) is 0 Å². The summed E-state index contributed by atoms with van der Waals surface area (Å²) in [6.07, 6.45) is 8.82. The first-order valence-electron chi connectivity index (χ1n) is 11.2. The number of nitrogens with zero attached hydrogens (tertiary/aromatic N) is 3. The van der Waals surface area contributed by atoms with Crippen LogP contribution in [-0.2, 0) is 11.2 Å². The van der Waals surface area contributed by atoms with E-state index in [1.54, 1.807) is 6.07 Å². The van der Waals surface area contributed by atoms with E-state index in [0.717, 1.165) is 38.5 Å². The molecule has 6 heteroatoms. The van der Waals surface area contributed by atoms with Crippen molar-refractivity contribution in [1.29, 1.82) is 0 Å². The standard InChI is InChI=1S/C23H32N4O2/c28-22(12-11-21-24-20-10-5-4-9-19(20)23(29)25-21)27-14-6-13-26(15-16-27)17-18-7-2-1-3-8-18/h4-5,9-10,18H,1-3,6-8,11-17H2,(H,24,25,29). The van der Waals surface area contributed by atoms with Crippen molar-refractivity contribution < 1.29 is 4.79 Å². The Hall–Kier alpha value is -2.21. The third-order valence-corrected chi connectivity index (χ3v) is 6.42. The van der Waals surface area contributed by atoms with Crippen molar-refractivity contribution in [3.8, 4) is 0 Å². The van der Waals surface area contributed by atoms with Gasteiger partial charge in [-0.25, -0.2) is 4.98 Å². The molecule has 0 bridgehead atoms. The average Bonchev–Trinajstić information content (AvgIpc) is 2.98. The van der Waals surface area contributed by atoms with Gasteiger partial charge in [-0.1, -0.05) is 31.4 Å². The minimum atomic E-state index is -0.133. The van der Waals surface area contributed by atoms with Crippen LogP contribution in [-0.4, -0.2) is 58.4 Å². The second-order valence-electron chi connectivity index (χ2n) is 8.57. The van der Waals surface area contributed by atoms with E-state index in [1.807, 2.05) is 23.1 Å². The van der Waals surface area contributed by atoms with Crippen molar-refractivity contribution >= 4 is 16.8 Å². The van der Waals surface area contributed by atoms with Crippen LogP contribution in [0.25, 0.3) is 10.9 Å². The molecular formula is C23H32N4O2. The van der Waals surface area contributed by atoms with E-state index >= 15 is 0 Å². The molecule has 1 aromatic heterocycles. The van der Waals surface area contributed by atoms with Crippen molar-refractivity contribution in [2.75, 3.05) is 32.7 Å². The molecule has 0 radical (unpaired) electrons. The van der Waals surface area contributed by atoms with Crippen LogP contribution in [0.15, 0.2) is 29.1 Å². The molecule has 0 unspecified atom stereocenters.